The third-order valence-corrected chi connectivity index (χ3v) is 6.48. The van der Waals surface area contributed by atoms with E-state index in [9.17, 15) is 13.2 Å². The van der Waals surface area contributed by atoms with Gasteiger partial charge in [-0.3, -0.25) is 4.79 Å². The first kappa shape index (κ1) is 18.9. The molecule has 144 valence electrons. The molecule has 28 heavy (non-hydrogen) atoms. The van der Waals surface area contributed by atoms with Crippen molar-refractivity contribution in [2.45, 2.75) is 30.1 Å². The fraction of sp³-hybridized carbons (Fsp3) is 0.238. The van der Waals surface area contributed by atoms with Crippen LogP contribution in [0.2, 0.25) is 5.02 Å². The number of aromatic nitrogens is 1. The average Bonchev–Trinajstić information content (AvgIpc) is 3.37. The number of halogens is 1. The summed E-state index contributed by atoms with van der Waals surface area (Å²) >= 11 is 6.25. The summed E-state index contributed by atoms with van der Waals surface area (Å²) in [7, 11) is -3.65. The molecular weight excluding hydrogens is 398 g/mol. The Morgan fingerprint density at radius 2 is 1.86 bits per heavy atom. The molecule has 1 saturated carbocycles. The third kappa shape index (κ3) is 3.62. The van der Waals surface area contributed by atoms with Gasteiger partial charge in [-0.2, -0.15) is 0 Å². The number of hydrogen-bond acceptors (Lipinski definition) is 5. The van der Waals surface area contributed by atoms with Gasteiger partial charge in [0.25, 0.3) is 0 Å². The molecule has 7 heteroatoms. The summed E-state index contributed by atoms with van der Waals surface area (Å²) in [6.45, 7) is 0. The normalized spacial score (nSPS) is 14.2. The number of hydrogen-bond donors (Lipinski definition) is 0. The summed E-state index contributed by atoms with van der Waals surface area (Å²) in [5.41, 5.74) is 1.97. The van der Waals surface area contributed by atoms with Crippen molar-refractivity contribution in [1.82, 2.24) is 5.16 Å². The van der Waals surface area contributed by atoms with Gasteiger partial charge in [0, 0.05) is 17.7 Å². The Bertz CT molecular complexity index is 1150. The van der Waals surface area contributed by atoms with E-state index in [4.69, 9.17) is 16.1 Å². The highest BCUT2D eigenvalue weighted by Gasteiger charge is 2.34. The zero-order valence-electron chi connectivity index (χ0n) is 15.2. The first-order valence-corrected chi connectivity index (χ1v) is 11.2. The van der Waals surface area contributed by atoms with E-state index in [0.29, 0.717) is 22.5 Å². The van der Waals surface area contributed by atoms with Crippen molar-refractivity contribution < 1.29 is 17.7 Å². The maximum absolute atomic E-state index is 13.3. The Hall–Kier alpha value is -2.44. The van der Waals surface area contributed by atoms with Crippen LogP contribution in [0.3, 0.4) is 0 Å². The second kappa shape index (κ2) is 7.18. The molecule has 0 saturated heterocycles. The molecular formula is C21H18ClNO4S. The molecule has 0 amide bonds. The van der Waals surface area contributed by atoms with Gasteiger partial charge in [0.05, 0.1) is 21.7 Å². The van der Waals surface area contributed by atoms with Crippen molar-refractivity contribution in [2.75, 3.05) is 6.26 Å². The number of nitrogens with zero attached hydrogens (tertiary/aromatic N) is 1. The van der Waals surface area contributed by atoms with E-state index in [2.05, 4.69) is 5.16 Å². The number of benzene rings is 2. The standard InChI is InChI=1S/C21H18ClNO4S/c1-28(25,26)21-16(11-13-5-3-2-4-6-13)15(9-10-18(21)22)19(24)17-12-23-27-20(17)14-7-8-14/h2-6,9-10,12,14H,7-8,11H2,1H3. The lowest BCUT2D eigenvalue weighted by Gasteiger charge is -2.15. The van der Waals surface area contributed by atoms with Gasteiger partial charge in [0.15, 0.2) is 21.4 Å². The molecule has 1 aliphatic rings. The van der Waals surface area contributed by atoms with Gasteiger partial charge in [-0.25, -0.2) is 8.42 Å². The molecule has 2 aromatic carbocycles. The number of sulfone groups is 1. The Morgan fingerprint density at radius 3 is 2.50 bits per heavy atom. The molecule has 0 bridgehead atoms. The molecule has 0 unspecified atom stereocenters. The molecule has 0 spiro atoms. The van der Waals surface area contributed by atoms with Crippen LogP contribution in [0.4, 0.5) is 0 Å². The van der Waals surface area contributed by atoms with Crippen molar-refractivity contribution in [2.24, 2.45) is 0 Å². The monoisotopic (exact) mass is 415 g/mol. The maximum atomic E-state index is 13.3. The zero-order valence-corrected chi connectivity index (χ0v) is 16.8. The van der Waals surface area contributed by atoms with E-state index in [0.717, 1.165) is 24.7 Å². The van der Waals surface area contributed by atoms with E-state index in [1.54, 1.807) is 6.07 Å². The number of carbonyl (C=O) groups is 1. The fourth-order valence-corrected chi connectivity index (χ4v) is 5.04. The van der Waals surface area contributed by atoms with Gasteiger partial charge in [-0.1, -0.05) is 47.1 Å². The molecule has 1 heterocycles. The molecule has 0 aliphatic heterocycles. The summed E-state index contributed by atoms with van der Waals surface area (Å²) in [5, 5.41) is 3.90. The predicted octanol–water partition coefficient (Wildman–Crippen LogP) is 4.43. The zero-order chi connectivity index (χ0) is 19.9. The van der Waals surface area contributed by atoms with Gasteiger partial charge in [-0.15, -0.1) is 0 Å². The predicted molar refractivity (Wildman–Crippen MR) is 106 cm³/mol. The van der Waals surface area contributed by atoms with Crippen molar-refractivity contribution in [3.8, 4) is 0 Å². The number of ketones is 1. The Morgan fingerprint density at radius 1 is 1.14 bits per heavy atom. The molecule has 1 aromatic heterocycles. The molecule has 3 aromatic rings. The molecule has 1 aliphatic carbocycles. The average molecular weight is 416 g/mol. The maximum Gasteiger partial charge on any atom is 0.198 e. The first-order valence-electron chi connectivity index (χ1n) is 8.91. The highest BCUT2D eigenvalue weighted by atomic mass is 35.5. The Balaban J connectivity index is 1.89. The molecule has 0 atom stereocenters. The fourth-order valence-electron chi connectivity index (χ4n) is 3.39. The highest BCUT2D eigenvalue weighted by Crippen LogP contribution is 2.42. The van der Waals surface area contributed by atoms with Crippen LogP contribution in [0.15, 0.2) is 58.1 Å². The minimum Gasteiger partial charge on any atom is -0.360 e. The topological polar surface area (TPSA) is 77.2 Å². The van der Waals surface area contributed by atoms with Crippen LogP contribution in [0, 0.1) is 0 Å². The quantitative estimate of drug-likeness (QED) is 0.556. The van der Waals surface area contributed by atoms with Crippen molar-refractivity contribution >= 4 is 27.2 Å². The van der Waals surface area contributed by atoms with Gasteiger partial charge in [0.1, 0.15) is 0 Å². The Labute approximate surface area is 168 Å². The third-order valence-electron chi connectivity index (χ3n) is 4.84. The van der Waals surface area contributed by atoms with Crippen LogP contribution in [0.5, 0.6) is 0 Å². The lowest BCUT2D eigenvalue weighted by molar-refractivity contribution is 0.103. The van der Waals surface area contributed by atoms with Gasteiger partial charge < -0.3 is 4.52 Å². The van der Waals surface area contributed by atoms with E-state index in [1.165, 1.54) is 12.3 Å². The second-order valence-electron chi connectivity index (χ2n) is 7.04. The Kier molecular flexibility index (Phi) is 4.85. The molecule has 1 fully saturated rings. The SMILES string of the molecule is CS(=O)(=O)c1c(Cl)ccc(C(=O)c2cnoc2C2CC2)c1Cc1ccccc1. The first-order chi connectivity index (χ1) is 13.4. The minimum absolute atomic E-state index is 0.00621. The number of carbonyl (C=O) groups excluding carboxylic acids is 1. The van der Waals surface area contributed by atoms with Crippen LogP contribution in [0.1, 0.15) is 51.6 Å². The van der Waals surface area contributed by atoms with Crippen LogP contribution < -0.4 is 0 Å². The van der Waals surface area contributed by atoms with Crippen molar-refractivity contribution in [3.63, 3.8) is 0 Å². The van der Waals surface area contributed by atoms with Gasteiger partial charge >= 0.3 is 0 Å². The van der Waals surface area contributed by atoms with E-state index in [-0.39, 0.29) is 28.0 Å². The van der Waals surface area contributed by atoms with Crippen LogP contribution in [-0.2, 0) is 16.3 Å². The summed E-state index contributed by atoms with van der Waals surface area (Å²) in [5.74, 6) is 0.489. The highest BCUT2D eigenvalue weighted by molar-refractivity contribution is 7.90. The lowest BCUT2D eigenvalue weighted by Crippen LogP contribution is -2.13. The largest absolute Gasteiger partial charge is 0.360 e. The van der Waals surface area contributed by atoms with Crippen LogP contribution in [-0.4, -0.2) is 25.6 Å². The van der Waals surface area contributed by atoms with Gasteiger partial charge in [0.2, 0.25) is 0 Å². The van der Waals surface area contributed by atoms with Crippen molar-refractivity contribution in [1.29, 1.82) is 0 Å². The molecule has 0 N–H and O–H groups in total. The van der Waals surface area contributed by atoms with E-state index in [1.807, 2.05) is 30.3 Å². The lowest BCUT2D eigenvalue weighted by atomic mass is 9.94. The van der Waals surface area contributed by atoms with Crippen molar-refractivity contribution in [3.05, 3.63) is 81.7 Å². The number of rotatable bonds is 6. The second-order valence-corrected chi connectivity index (χ2v) is 9.40. The van der Waals surface area contributed by atoms with Crippen LogP contribution >= 0.6 is 11.6 Å². The van der Waals surface area contributed by atoms with E-state index < -0.39 is 9.84 Å². The smallest absolute Gasteiger partial charge is 0.198 e. The van der Waals surface area contributed by atoms with Crippen LogP contribution in [0.25, 0.3) is 0 Å². The summed E-state index contributed by atoms with van der Waals surface area (Å²) in [4.78, 5) is 13.3. The van der Waals surface area contributed by atoms with E-state index >= 15 is 0 Å². The summed E-state index contributed by atoms with van der Waals surface area (Å²) in [6.07, 6.45) is 4.71. The van der Waals surface area contributed by atoms with Gasteiger partial charge in [-0.05, 0) is 42.5 Å². The summed E-state index contributed by atoms with van der Waals surface area (Å²) < 4.78 is 30.3. The molecule has 4 rings (SSSR count). The summed E-state index contributed by atoms with van der Waals surface area (Å²) in [6, 6.07) is 12.4. The molecule has 0 radical (unpaired) electrons. The molecule has 5 nitrogen and oxygen atoms in total. The minimum atomic E-state index is -3.65.